The number of morpholine rings is 1. The van der Waals surface area contributed by atoms with E-state index >= 15 is 0 Å². The van der Waals surface area contributed by atoms with Gasteiger partial charge < -0.3 is 15.0 Å². The molecular formula is C27H33N7O2. The monoisotopic (exact) mass is 487 g/mol. The van der Waals surface area contributed by atoms with Gasteiger partial charge in [-0.05, 0) is 49.7 Å². The Morgan fingerprint density at radius 2 is 1.97 bits per heavy atom. The van der Waals surface area contributed by atoms with Crippen LogP contribution in [0, 0.1) is 0 Å². The summed E-state index contributed by atoms with van der Waals surface area (Å²) in [6.07, 6.45) is 3.68. The summed E-state index contributed by atoms with van der Waals surface area (Å²) in [4.78, 5) is 31.6. The maximum absolute atomic E-state index is 12.0. The summed E-state index contributed by atoms with van der Waals surface area (Å²) in [7, 11) is 0. The highest BCUT2D eigenvalue weighted by molar-refractivity contribution is 5.97. The highest BCUT2D eigenvalue weighted by atomic mass is 16.5. The summed E-state index contributed by atoms with van der Waals surface area (Å²) in [6, 6.07) is 14.0. The van der Waals surface area contributed by atoms with Crippen LogP contribution in [-0.2, 0) is 4.74 Å². The largest absolute Gasteiger partial charge is 0.379 e. The lowest BCUT2D eigenvalue weighted by molar-refractivity contribution is 0.0191. The van der Waals surface area contributed by atoms with E-state index in [2.05, 4.69) is 55.6 Å². The van der Waals surface area contributed by atoms with Crippen LogP contribution in [0.15, 0.2) is 54.9 Å². The lowest BCUT2D eigenvalue weighted by atomic mass is 10.0. The molecule has 1 atom stereocenters. The third-order valence-electron chi connectivity index (χ3n) is 6.24. The summed E-state index contributed by atoms with van der Waals surface area (Å²) in [5.74, 6) is 0.382. The molecule has 1 aromatic carbocycles. The van der Waals surface area contributed by atoms with E-state index in [1.807, 2.05) is 37.4 Å². The van der Waals surface area contributed by atoms with Crippen molar-refractivity contribution in [3.8, 4) is 22.4 Å². The van der Waals surface area contributed by atoms with Gasteiger partial charge in [0.1, 0.15) is 0 Å². The topological polar surface area (TPSA) is 108 Å². The van der Waals surface area contributed by atoms with E-state index < -0.39 is 0 Å². The molecule has 0 saturated carbocycles. The molecule has 36 heavy (non-hydrogen) atoms. The molecule has 9 heteroatoms. The molecule has 0 spiro atoms. The number of hydrogen-bond acceptors (Lipinski definition) is 6. The summed E-state index contributed by atoms with van der Waals surface area (Å²) in [5, 5.41) is 5.48. The summed E-state index contributed by atoms with van der Waals surface area (Å²) in [6.45, 7) is 7.95. The van der Waals surface area contributed by atoms with E-state index in [0.29, 0.717) is 12.5 Å². The number of nitrogens with zero attached hydrogens (tertiary/aromatic N) is 4. The van der Waals surface area contributed by atoms with Crippen LogP contribution >= 0.6 is 0 Å². The number of carbonyl (C=O) groups excluding carboxylic acids is 1. The smallest absolute Gasteiger partial charge is 0.321 e. The maximum Gasteiger partial charge on any atom is 0.321 e. The minimum absolute atomic E-state index is 0. The van der Waals surface area contributed by atoms with Gasteiger partial charge in [-0.3, -0.25) is 20.2 Å². The number of benzene rings is 1. The molecule has 0 aliphatic carbocycles. The highest BCUT2D eigenvalue weighted by Crippen LogP contribution is 2.33. The number of anilines is 1. The van der Waals surface area contributed by atoms with Crippen molar-refractivity contribution >= 4 is 23.0 Å². The molecule has 5 rings (SSSR count). The molecule has 1 unspecified atom stereocenters. The average molecular weight is 488 g/mol. The van der Waals surface area contributed by atoms with Gasteiger partial charge in [0.15, 0.2) is 0 Å². The molecule has 1 aliphatic rings. The van der Waals surface area contributed by atoms with Gasteiger partial charge >= 0.3 is 6.03 Å². The van der Waals surface area contributed by atoms with Gasteiger partial charge in [-0.25, -0.2) is 9.78 Å². The first-order valence-electron chi connectivity index (χ1n) is 11.9. The van der Waals surface area contributed by atoms with Crippen molar-refractivity contribution < 1.29 is 9.53 Å². The van der Waals surface area contributed by atoms with Crippen molar-refractivity contribution in [2.45, 2.75) is 27.3 Å². The average Bonchev–Trinajstić information content (AvgIpc) is 3.31. The minimum Gasteiger partial charge on any atom is -0.379 e. The SMILES string of the molecule is C.CCNC(=O)Nc1nc2c(-c3ccccn3)cc(-c3ccc(C(C)N4CCOCC4)nc3)cc2[nH]1. The molecule has 0 bridgehead atoms. The van der Waals surface area contributed by atoms with Crippen LogP contribution in [0.1, 0.15) is 33.0 Å². The normalized spacial score (nSPS) is 14.7. The van der Waals surface area contributed by atoms with Crippen molar-refractivity contribution in [3.05, 3.63) is 60.6 Å². The second kappa shape index (κ2) is 11.3. The molecule has 3 N–H and O–H groups in total. The number of rotatable bonds is 6. The van der Waals surface area contributed by atoms with Gasteiger partial charge in [0.2, 0.25) is 5.95 Å². The Bertz CT molecular complexity index is 1300. The molecule has 4 heterocycles. The maximum atomic E-state index is 12.0. The molecule has 0 radical (unpaired) electrons. The quantitative estimate of drug-likeness (QED) is 0.359. The van der Waals surface area contributed by atoms with E-state index in [9.17, 15) is 4.79 Å². The van der Waals surface area contributed by atoms with E-state index in [1.54, 1.807) is 6.20 Å². The second-order valence-corrected chi connectivity index (χ2v) is 8.50. The van der Waals surface area contributed by atoms with Crippen LogP contribution in [0.4, 0.5) is 10.7 Å². The van der Waals surface area contributed by atoms with Crippen LogP contribution in [0.25, 0.3) is 33.4 Å². The number of pyridine rings is 2. The number of nitrogens with one attached hydrogen (secondary N) is 3. The molecule has 1 fully saturated rings. The molecule has 9 nitrogen and oxygen atoms in total. The van der Waals surface area contributed by atoms with Crippen LogP contribution in [0.3, 0.4) is 0 Å². The number of ether oxygens (including phenoxy) is 1. The number of urea groups is 1. The number of imidazole rings is 1. The fraction of sp³-hybridized carbons (Fsp3) is 0.333. The van der Waals surface area contributed by atoms with Crippen LogP contribution in [-0.4, -0.2) is 63.7 Å². The predicted molar refractivity (Wildman–Crippen MR) is 143 cm³/mol. The van der Waals surface area contributed by atoms with Crippen LogP contribution in [0.5, 0.6) is 0 Å². The van der Waals surface area contributed by atoms with Gasteiger partial charge in [0.25, 0.3) is 0 Å². The number of H-pyrrole nitrogens is 1. The predicted octanol–water partition coefficient (Wildman–Crippen LogP) is 4.86. The van der Waals surface area contributed by atoms with Crippen molar-refractivity contribution in [2.24, 2.45) is 0 Å². The molecule has 2 amide bonds. The van der Waals surface area contributed by atoms with Crippen LogP contribution in [0.2, 0.25) is 0 Å². The molecule has 188 valence electrons. The summed E-state index contributed by atoms with van der Waals surface area (Å²) in [5.41, 5.74) is 6.26. The Kier molecular flexibility index (Phi) is 7.92. The Balaban J connectivity index is 0.00000304. The van der Waals surface area contributed by atoms with Crippen molar-refractivity contribution in [3.63, 3.8) is 0 Å². The fourth-order valence-corrected chi connectivity index (χ4v) is 4.35. The third-order valence-corrected chi connectivity index (χ3v) is 6.24. The van der Waals surface area contributed by atoms with Gasteiger partial charge in [0.05, 0.1) is 35.6 Å². The van der Waals surface area contributed by atoms with E-state index in [4.69, 9.17) is 9.72 Å². The van der Waals surface area contributed by atoms with Crippen molar-refractivity contribution in [1.29, 1.82) is 0 Å². The number of fused-ring (bicyclic) bond motifs is 1. The molecule has 1 saturated heterocycles. The first-order valence-corrected chi connectivity index (χ1v) is 11.9. The third kappa shape index (κ3) is 5.37. The lowest BCUT2D eigenvalue weighted by Crippen LogP contribution is -2.38. The minimum atomic E-state index is -0.305. The zero-order valence-corrected chi connectivity index (χ0v) is 19.9. The first-order chi connectivity index (χ1) is 17.1. The zero-order valence-electron chi connectivity index (χ0n) is 19.9. The molecular weight excluding hydrogens is 454 g/mol. The van der Waals surface area contributed by atoms with E-state index in [-0.39, 0.29) is 19.5 Å². The number of aromatic nitrogens is 4. The van der Waals surface area contributed by atoms with Crippen molar-refractivity contribution in [2.75, 3.05) is 38.2 Å². The Morgan fingerprint density at radius 1 is 1.14 bits per heavy atom. The van der Waals surface area contributed by atoms with Gasteiger partial charge in [-0.15, -0.1) is 0 Å². The standard InChI is InChI=1S/C26H29N7O2.CH4/c1-3-27-26(34)32-25-30-23-15-19(14-20(24(23)31-25)22-6-4-5-9-28-22)18-7-8-21(29-16-18)17(2)33-10-12-35-13-11-33;/h4-9,14-17H,3,10-13H2,1-2H3,(H3,27,30,31,32,34);1H4. The van der Waals surface area contributed by atoms with Crippen LogP contribution < -0.4 is 10.6 Å². The number of carbonyl (C=O) groups is 1. The van der Waals surface area contributed by atoms with E-state index in [0.717, 1.165) is 65.4 Å². The Morgan fingerprint density at radius 3 is 2.67 bits per heavy atom. The number of aromatic amines is 1. The Labute approximate surface area is 211 Å². The summed E-state index contributed by atoms with van der Waals surface area (Å²) < 4.78 is 5.48. The fourth-order valence-electron chi connectivity index (χ4n) is 4.35. The first kappa shape index (κ1) is 25.3. The Hall–Kier alpha value is -3.82. The molecule has 4 aromatic rings. The number of amides is 2. The second-order valence-electron chi connectivity index (χ2n) is 8.50. The van der Waals surface area contributed by atoms with Gasteiger partial charge in [-0.1, -0.05) is 19.6 Å². The van der Waals surface area contributed by atoms with E-state index in [1.165, 1.54) is 0 Å². The van der Waals surface area contributed by atoms with Gasteiger partial charge in [0, 0.05) is 49.2 Å². The summed E-state index contributed by atoms with van der Waals surface area (Å²) >= 11 is 0. The zero-order chi connectivity index (χ0) is 24.2. The molecule has 3 aromatic heterocycles. The van der Waals surface area contributed by atoms with Crippen molar-refractivity contribution in [1.82, 2.24) is 30.2 Å². The van der Waals surface area contributed by atoms with Gasteiger partial charge in [-0.2, -0.15) is 0 Å². The number of hydrogen-bond donors (Lipinski definition) is 3. The lowest BCUT2D eigenvalue weighted by Gasteiger charge is -2.31. The highest BCUT2D eigenvalue weighted by Gasteiger charge is 2.20. The molecule has 1 aliphatic heterocycles.